The topological polar surface area (TPSA) is 20.2 Å². The van der Waals surface area contributed by atoms with Gasteiger partial charge in [0.2, 0.25) is 0 Å². The summed E-state index contributed by atoms with van der Waals surface area (Å²) in [5.41, 5.74) is 1.74. The van der Waals surface area contributed by atoms with Crippen LogP contribution in [0.15, 0.2) is 11.6 Å². The maximum Gasteiger partial charge on any atom is 0.0430 e. The van der Waals surface area contributed by atoms with Gasteiger partial charge < -0.3 is 5.11 Å². The van der Waals surface area contributed by atoms with Crippen molar-refractivity contribution in [1.29, 1.82) is 0 Å². The van der Waals surface area contributed by atoms with Crippen LogP contribution in [0.25, 0.3) is 0 Å². The largest absolute Gasteiger partial charge is 0.396 e. The second-order valence-electron chi connectivity index (χ2n) is 3.78. The third-order valence-corrected chi connectivity index (χ3v) is 2.68. The van der Waals surface area contributed by atoms with E-state index in [2.05, 4.69) is 13.0 Å². The molecule has 1 unspecified atom stereocenters. The lowest BCUT2D eigenvalue weighted by Crippen LogP contribution is -1.85. The summed E-state index contributed by atoms with van der Waals surface area (Å²) in [6, 6.07) is 0. The molecule has 0 amide bonds. The third kappa shape index (κ3) is 2.98. The van der Waals surface area contributed by atoms with Crippen LogP contribution in [-0.4, -0.2) is 11.7 Å². The molecule has 0 saturated heterocycles. The maximum atomic E-state index is 8.07. The summed E-state index contributed by atoms with van der Waals surface area (Å²) in [4.78, 5) is 0. The Hall–Kier alpha value is -0.300. The van der Waals surface area contributed by atoms with Gasteiger partial charge in [-0.05, 0) is 38.0 Å². The summed E-state index contributed by atoms with van der Waals surface area (Å²) in [6.45, 7) is 2.40. The molecule has 0 aromatic heterocycles. The average molecular weight is 168 g/mol. The first-order valence-electron chi connectivity index (χ1n) is 5.15. The van der Waals surface area contributed by atoms with Gasteiger partial charge in [0.25, 0.3) is 0 Å². The minimum atomic E-state index is 0.344. The molecule has 1 saturated carbocycles. The molecule has 1 nitrogen and oxygen atoms in total. The summed E-state index contributed by atoms with van der Waals surface area (Å²) >= 11 is 0. The van der Waals surface area contributed by atoms with Crippen molar-refractivity contribution < 1.29 is 5.11 Å². The zero-order valence-corrected chi connectivity index (χ0v) is 8.05. The monoisotopic (exact) mass is 168 g/mol. The molecular weight excluding hydrogens is 148 g/mol. The van der Waals surface area contributed by atoms with Crippen molar-refractivity contribution in [3.8, 4) is 0 Å². The first-order valence-corrected chi connectivity index (χ1v) is 5.15. The van der Waals surface area contributed by atoms with E-state index < -0.39 is 0 Å². The number of aliphatic hydroxyl groups is 1. The molecule has 0 aromatic rings. The highest BCUT2D eigenvalue weighted by molar-refractivity contribution is 5.15. The molecule has 2 rings (SSSR count). The van der Waals surface area contributed by atoms with Crippen molar-refractivity contribution >= 4 is 0 Å². The number of rotatable bonds is 2. The van der Waals surface area contributed by atoms with Crippen molar-refractivity contribution in [2.45, 2.75) is 45.4 Å². The van der Waals surface area contributed by atoms with Crippen molar-refractivity contribution in [1.82, 2.24) is 0 Å². The molecule has 2 aliphatic rings. The minimum Gasteiger partial charge on any atom is -0.396 e. The molecule has 0 spiro atoms. The Labute approximate surface area is 75.5 Å². The van der Waals surface area contributed by atoms with Gasteiger partial charge in [-0.2, -0.15) is 0 Å². The van der Waals surface area contributed by atoms with E-state index >= 15 is 0 Å². The van der Waals surface area contributed by atoms with E-state index in [9.17, 15) is 0 Å². The first-order chi connectivity index (χ1) is 5.86. The van der Waals surface area contributed by atoms with Gasteiger partial charge >= 0.3 is 0 Å². The molecule has 1 N–H and O–H groups in total. The maximum absolute atomic E-state index is 8.07. The van der Waals surface area contributed by atoms with E-state index in [0.717, 1.165) is 18.8 Å². The Morgan fingerprint density at radius 3 is 2.50 bits per heavy atom. The number of hydrogen-bond acceptors (Lipinski definition) is 1. The Bertz CT molecular complexity index is 147. The molecule has 1 atom stereocenters. The molecule has 12 heavy (non-hydrogen) atoms. The van der Waals surface area contributed by atoms with Gasteiger partial charge in [-0.3, -0.25) is 0 Å². The lowest BCUT2D eigenvalue weighted by molar-refractivity contribution is 0.287. The molecule has 0 heterocycles. The van der Waals surface area contributed by atoms with Crippen LogP contribution >= 0.6 is 0 Å². The summed E-state index contributed by atoms with van der Waals surface area (Å²) in [7, 11) is 0. The van der Waals surface area contributed by atoms with Gasteiger partial charge in [-0.1, -0.05) is 25.0 Å². The highest BCUT2D eigenvalue weighted by Gasteiger charge is 2.22. The Balaban J connectivity index is 0.000000130. The summed E-state index contributed by atoms with van der Waals surface area (Å²) in [5, 5.41) is 8.07. The lowest BCUT2D eigenvalue weighted by atomic mass is 10.1. The average Bonchev–Trinajstić information content (AvgIpc) is 2.69. The Kier molecular flexibility index (Phi) is 4.37. The van der Waals surface area contributed by atoms with Crippen molar-refractivity contribution in [3.63, 3.8) is 0 Å². The van der Waals surface area contributed by atoms with E-state index in [1.807, 2.05) is 0 Å². The zero-order valence-electron chi connectivity index (χ0n) is 8.05. The zero-order chi connectivity index (χ0) is 8.81. The van der Waals surface area contributed by atoms with Crippen molar-refractivity contribution in [3.05, 3.63) is 11.6 Å². The lowest BCUT2D eigenvalue weighted by Gasteiger charge is -1.98. The number of allylic oxidation sites excluding steroid dienone is 2. The van der Waals surface area contributed by atoms with Gasteiger partial charge in [-0.15, -0.1) is 0 Å². The van der Waals surface area contributed by atoms with Crippen LogP contribution < -0.4 is 0 Å². The quantitative estimate of drug-likeness (QED) is 0.629. The van der Waals surface area contributed by atoms with Gasteiger partial charge in [0, 0.05) is 6.61 Å². The second kappa shape index (κ2) is 5.36. The highest BCUT2D eigenvalue weighted by atomic mass is 16.2. The van der Waals surface area contributed by atoms with Gasteiger partial charge in [0.05, 0.1) is 0 Å². The molecule has 0 radical (unpaired) electrons. The summed E-state index contributed by atoms with van der Waals surface area (Å²) in [6.07, 6.45) is 10.2. The number of fused-ring (bicyclic) bond motifs is 2. The Morgan fingerprint density at radius 1 is 1.58 bits per heavy atom. The predicted octanol–water partition coefficient (Wildman–Crippen LogP) is 2.90. The SMILES string of the molecule is C1=C2CCC(C1)C2.CCCCO. The fourth-order valence-electron chi connectivity index (χ4n) is 1.84. The molecule has 0 aliphatic heterocycles. The van der Waals surface area contributed by atoms with E-state index in [-0.39, 0.29) is 0 Å². The van der Waals surface area contributed by atoms with Crippen LogP contribution in [0.4, 0.5) is 0 Å². The number of aliphatic hydroxyl groups excluding tert-OH is 1. The summed E-state index contributed by atoms with van der Waals surface area (Å²) < 4.78 is 0. The van der Waals surface area contributed by atoms with Crippen LogP contribution in [0.2, 0.25) is 0 Å². The van der Waals surface area contributed by atoms with Gasteiger partial charge in [0.1, 0.15) is 0 Å². The van der Waals surface area contributed by atoms with Gasteiger partial charge in [-0.25, -0.2) is 0 Å². The minimum absolute atomic E-state index is 0.344. The van der Waals surface area contributed by atoms with E-state index in [4.69, 9.17) is 5.11 Å². The molecule has 70 valence electrons. The van der Waals surface area contributed by atoms with Crippen LogP contribution in [0.1, 0.15) is 45.4 Å². The normalized spacial score (nSPS) is 24.8. The van der Waals surface area contributed by atoms with Crippen molar-refractivity contribution in [2.75, 3.05) is 6.61 Å². The molecule has 2 bridgehead atoms. The van der Waals surface area contributed by atoms with Crippen LogP contribution in [0.5, 0.6) is 0 Å². The molecule has 1 fully saturated rings. The first kappa shape index (κ1) is 9.79. The van der Waals surface area contributed by atoms with Crippen LogP contribution in [0, 0.1) is 5.92 Å². The number of hydrogen-bond donors (Lipinski definition) is 1. The number of unbranched alkanes of at least 4 members (excludes halogenated alkanes) is 1. The van der Waals surface area contributed by atoms with Crippen LogP contribution in [-0.2, 0) is 0 Å². The third-order valence-electron chi connectivity index (χ3n) is 2.68. The molecule has 2 aliphatic carbocycles. The Morgan fingerprint density at radius 2 is 2.42 bits per heavy atom. The molecule has 0 aromatic carbocycles. The smallest absolute Gasteiger partial charge is 0.0430 e. The van der Waals surface area contributed by atoms with E-state index in [1.54, 1.807) is 5.57 Å². The highest BCUT2D eigenvalue weighted by Crippen LogP contribution is 2.38. The van der Waals surface area contributed by atoms with Crippen LogP contribution in [0.3, 0.4) is 0 Å². The fraction of sp³-hybridized carbons (Fsp3) is 0.818. The fourth-order valence-corrected chi connectivity index (χ4v) is 1.84. The second-order valence-corrected chi connectivity index (χ2v) is 3.78. The molecular formula is C11H20O. The van der Waals surface area contributed by atoms with Crippen molar-refractivity contribution in [2.24, 2.45) is 5.92 Å². The van der Waals surface area contributed by atoms with E-state index in [0.29, 0.717) is 6.61 Å². The van der Waals surface area contributed by atoms with E-state index in [1.165, 1.54) is 25.7 Å². The molecule has 1 heteroatoms. The standard InChI is InChI=1S/C7H10.C4H10O/c1-2-7-4-3-6(1)5-7;1-2-3-4-5/h1,7H,2-5H2;5H,2-4H2,1H3. The summed E-state index contributed by atoms with van der Waals surface area (Å²) in [5.74, 6) is 1.08. The predicted molar refractivity (Wildman–Crippen MR) is 52.0 cm³/mol. The van der Waals surface area contributed by atoms with Gasteiger partial charge in [0.15, 0.2) is 0 Å².